The smallest absolute Gasteiger partial charge is 0.327 e. The number of carbonyl (C=O) groups is 1. The van der Waals surface area contributed by atoms with Gasteiger partial charge in [0.2, 0.25) is 0 Å². The van der Waals surface area contributed by atoms with Crippen molar-refractivity contribution in [1.82, 2.24) is 5.32 Å². The average Bonchev–Trinajstić information content (AvgIpc) is 3.44. The van der Waals surface area contributed by atoms with E-state index < -0.39 is 6.04 Å². The summed E-state index contributed by atoms with van der Waals surface area (Å²) in [6.45, 7) is 2.89. The van der Waals surface area contributed by atoms with E-state index in [2.05, 4.69) is 11.4 Å². The molecular weight excluding hydrogens is 312 g/mol. The fourth-order valence-corrected chi connectivity index (χ4v) is 3.12. The summed E-state index contributed by atoms with van der Waals surface area (Å²) in [5.74, 6) is -0.246. The molecule has 128 valence electrons. The van der Waals surface area contributed by atoms with E-state index in [0.717, 1.165) is 18.4 Å². The molecule has 3 rings (SSSR count). The molecule has 0 bridgehead atoms. The predicted molar refractivity (Wildman–Crippen MR) is 95.9 cm³/mol. The molecule has 1 unspecified atom stereocenters. The van der Waals surface area contributed by atoms with Crippen molar-refractivity contribution in [2.24, 2.45) is 0 Å². The minimum absolute atomic E-state index is 0.0491. The number of nitriles is 1. The van der Waals surface area contributed by atoms with Crippen molar-refractivity contribution in [2.45, 2.75) is 31.2 Å². The van der Waals surface area contributed by atoms with Crippen LogP contribution in [0.15, 0.2) is 54.6 Å². The number of benzene rings is 2. The van der Waals surface area contributed by atoms with Crippen LogP contribution < -0.4 is 5.32 Å². The van der Waals surface area contributed by atoms with Crippen molar-refractivity contribution >= 4 is 5.97 Å². The van der Waals surface area contributed by atoms with Gasteiger partial charge in [0.05, 0.1) is 18.2 Å². The maximum absolute atomic E-state index is 12.4. The summed E-state index contributed by atoms with van der Waals surface area (Å²) in [4.78, 5) is 12.4. The Bertz CT molecular complexity index is 759. The Labute approximate surface area is 148 Å². The number of rotatable bonds is 7. The molecule has 25 heavy (non-hydrogen) atoms. The second kappa shape index (κ2) is 7.50. The Morgan fingerprint density at radius 2 is 1.88 bits per heavy atom. The zero-order valence-corrected chi connectivity index (χ0v) is 14.4. The maximum Gasteiger partial charge on any atom is 0.327 e. The minimum Gasteiger partial charge on any atom is -0.465 e. The van der Waals surface area contributed by atoms with Crippen molar-refractivity contribution in [3.63, 3.8) is 0 Å². The van der Waals surface area contributed by atoms with E-state index in [1.165, 1.54) is 5.56 Å². The van der Waals surface area contributed by atoms with E-state index in [9.17, 15) is 4.79 Å². The third-order valence-electron chi connectivity index (χ3n) is 4.78. The Hall–Kier alpha value is -2.64. The van der Waals surface area contributed by atoms with Gasteiger partial charge in [-0.05, 0) is 43.0 Å². The summed E-state index contributed by atoms with van der Waals surface area (Å²) in [6, 6.07) is 19.1. The topological polar surface area (TPSA) is 62.1 Å². The summed E-state index contributed by atoms with van der Waals surface area (Å²) < 4.78 is 5.24. The standard InChI is InChI=1S/C21H22N2O2/c1-2-25-20(24)19(17-6-4-3-5-7-17)23-15-21(12-13-21)18-10-8-16(14-22)9-11-18/h3-11,19,23H,2,12-13,15H2,1H3. The van der Waals surface area contributed by atoms with Crippen LogP contribution >= 0.6 is 0 Å². The molecule has 0 aromatic heterocycles. The molecule has 1 aliphatic rings. The molecule has 1 fully saturated rings. The quantitative estimate of drug-likeness (QED) is 0.788. The van der Waals surface area contributed by atoms with E-state index in [-0.39, 0.29) is 11.4 Å². The summed E-state index contributed by atoms with van der Waals surface area (Å²) in [5, 5.41) is 12.4. The number of esters is 1. The van der Waals surface area contributed by atoms with E-state index in [1.807, 2.05) is 61.5 Å². The van der Waals surface area contributed by atoms with Crippen LogP contribution in [0.4, 0.5) is 0 Å². The number of hydrogen-bond acceptors (Lipinski definition) is 4. The number of nitrogens with zero attached hydrogens (tertiary/aromatic N) is 1. The molecule has 0 spiro atoms. The fourth-order valence-electron chi connectivity index (χ4n) is 3.12. The maximum atomic E-state index is 12.4. The van der Waals surface area contributed by atoms with Crippen LogP contribution in [-0.4, -0.2) is 19.1 Å². The molecule has 4 heteroatoms. The first kappa shape index (κ1) is 17.2. The first-order valence-corrected chi connectivity index (χ1v) is 8.64. The SMILES string of the molecule is CCOC(=O)C(NCC1(c2ccc(C#N)cc2)CC1)c1ccccc1. The lowest BCUT2D eigenvalue weighted by Crippen LogP contribution is -2.35. The van der Waals surface area contributed by atoms with Gasteiger partial charge < -0.3 is 4.74 Å². The summed E-state index contributed by atoms with van der Waals surface area (Å²) >= 11 is 0. The van der Waals surface area contributed by atoms with Gasteiger partial charge in [-0.2, -0.15) is 5.26 Å². The van der Waals surface area contributed by atoms with Crippen LogP contribution in [-0.2, 0) is 14.9 Å². The molecule has 1 saturated carbocycles. The van der Waals surface area contributed by atoms with Crippen molar-refractivity contribution < 1.29 is 9.53 Å². The highest BCUT2D eigenvalue weighted by molar-refractivity contribution is 5.77. The van der Waals surface area contributed by atoms with Gasteiger partial charge in [0.1, 0.15) is 6.04 Å². The molecule has 1 aliphatic carbocycles. The molecule has 0 aliphatic heterocycles. The Morgan fingerprint density at radius 3 is 2.44 bits per heavy atom. The van der Waals surface area contributed by atoms with Crippen molar-refractivity contribution in [3.05, 3.63) is 71.3 Å². The molecule has 2 aromatic carbocycles. The largest absolute Gasteiger partial charge is 0.465 e. The lowest BCUT2D eigenvalue weighted by atomic mass is 9.94. The van der Waals surface area contributed by atoms with Gasteiger partial charge >= 0.3 is 5.97 Å². The number of hydrogen-bond donors (Lipinski definition) is 1. The van der Waals surface area contributed by atoms with E-state index in [4.69, 9.17) is 10.00 Å². The first-order chi connectivity index (χ1) is 12.2. The van der Waals surface area contributed by atoms with Crippen molar-refractivity contribution in [3.8, 4) is 6.07 Å². The average molecular weight is 334 g/mol. The molecule has 4 nitrogen and oxygen atoms in total. The van der Waals surface area contributed by atoms with Gasteiger partial charge in [-0.15, -0.1) is 0 Å². The third kappa shape index (κ3) is 3.89. The normalized spacial score (nSPS) is 15.8. The van der Waals surface area contributed by atoms with Gasteiger partial charge in [-0.1, -0.05) is 42.5 Å². The Balaban J connectivity index is 1.74. The second-order valence-corrected chi connectivity index (χ2v) is 6.45. The molecule has 0 saturated heterocycles. The van der Waals surface area contributed by atoms with Gasteiger partial charge in [0, 0.05) is 12.0 Å². The van der Waals surface area contributed by atoms with Crippen molar-refractivity contribution in [2.75, 3.05) is 13.2 Å². The second-order valence-electron chi connectivity index (χ2n) is 6.45. The zero-order chi connectivity index (χ0) is 17.7. The molecule has 0 heterocycles. The Morgan fingerprint density at radius 1 is 1.20 bits per heavy atom. The molecule has 2 aromatic rings. The lowest BCUT2D eigenvalue weighted by Gasteiger charge is -2.22. The number of ether oxygens (including phenoxy) is 1. The first-order valence-electron chi connectivity index (χ1n) is 8.64. The number of carbonyl (C=O) groups excluding carboxylic acids is 1. The zero-order valence-electron chi connectivity index (χ0n) is 14.4. The predicted octanol–water partition coefficient (Wildman–Crippen LogP) is 3.48. The number of nitrogens with one attached hydrogen (secondary N) is 1. The van der Waals surface area contributed by atoms with Crippen LogP contribution in [0.2, 0.25) is 0 Å². The van der Waals surface area contributed by atoms with Crippen LogP contribution in [0.3, 0.4) is 0 Å². The summed E-state index contributed by atoms with van der Waals surface area (Å²) in [7, 11) is 0. The van der Waals surface area contributed by atoms with Gasteiger partial charge in [-0.3, -0.25) is 5.32 Å². The van der Waals surface area contributed by atoms with Crippen LogP contribution in [0, 0.1) is 11.3 Å². The molecule has 0 amide bonds. The monoisotopic (exact) mass is 334 g/mol. The van der Waals surface area contributed by atoms with Crippen molar-refractivity contribution in [1.29, 1.82) is 5.26 Å². The molecule has 1 atom stereocenters. The van der Waals surface area contributed by atoms with E-state index in [1.54, 1.807) is 0 Å². The third-order valence-corrected chi connectivity index (χ3v) is 4.78. The minimum atomic E-state index is -0.461. The summed E-state index contributed by atoms with van der Waals surface area (Å²) in [6.07, 6.45) is 2.16. The van der Waals surface area contributed by atoms with Crippen LogP contribution in [0.1, 0.15) is 42.5 Å². The van der Waals surface area contributed by atoms with E-state index >= 15 is 0 Å². The van der Waals surface area contributed by atoms with Crippen LogP contribution in [0.5, 0.6) is 0 Å². The Kier molecular flexibility index (Phi) is 5.16. The van der Waals surface area contributed by atoms with Gasteiger partial charge in [-0.25, -0.2) is 4.79 Å². The van der Waals surface area contributed by atoms with E-state index in [0.29, 0.717) is 18.7 Å². The molecule has 0 radical (unpaired) electrons. The molecular formula is C21H22N2O2. The molecule has 1 N–H and O–H groups in total. The summed E-state index contributed by atoms with van der Waals surface area (Å²) in [5.41, 5.74) is 2.85. The van der Waals surface area contributed by atoms with Gasteiger partial charge in [0.15, 0.2) is 0 Å². The highest BCUT2D eigenvalue weighted by Crippen LogP contribution is 2.48. The highest BCUT2D eigenvalue weighted by Gasteiger charge is 2.44. The van der Waals surface area contributed by atoms with Crippen LogP contribution in [0.25, 0.3) is 0 Å². The fraction of sp³-hybridized carbons (Fsp3) is 0.333. The highest BCUT2D eigenvalue weighted by atomic mass is 16.5. The van der Waals surface area contributed by atoms with Gasteiger partial charge in [0.25, 0.3) is 0 Å². The lowest BCUT2D eigenvalue weighted by molar-refractivity contribution is -0.145.